The lowest BCUT2D eigenvalue weighted by Crippen LogP contribution is -2.38. The number of urea groups is 1. The minimum absolute atomic E-state index is 0.330. The Morgan fingerprint density at radius 2 is 2.00 bits per heavy atom. The molecular weight excluding hydrogens is 284 g/mol. The molecular formula is C16H20N2O2S. The number of aryl methyl sites for hydroxylation is 2. The van der Waals surface area contributed by atoms with Crippen LogP contribution in [0.1, 0.15) is 27.8 Å². The van der Waals surface area contributed by atoms with Crippen LogP contribution >= 0.6 is 11.3 Å². The highest BCUT2D eigenvalue weighted by atomic mass is 32.1. The number of nitrogens with zero attached hydrogens (tertiary/aromatic N) is 1. The molecule has 2 amide bonds. The molecule has 5 heteroatoms. The summed E-state index contributed by atoms with van der Waals surface area (Å²) in [7, 11) is 1.51. The summed E-state index contributed by atoms with van der Waals surface area (Å²) in [5, 5.41) is 13.4. The first-order valence-electron chi connectivity index (χ1n) is 6.92. The van der Waals surface area contributed by atoms with Crippen LogP contribution in [0.5, 0.6) is 0 Å². The van der Waals surface area contributed by atoms with E-state index in [2.05, 4.69) is 17.4 Å². The summed E-state index contributed by atoms with van der Waals surface area (Å²) < 4.78 is 0. The fraction of sp³-hybridized carbons (Fsp3) is 0.312. The van der Waals surface area contributed by atoms with Crippen molar-refractivity contribution in [3.63, 3.8) is 0 Å². The van der Waals surface area contributed by atoms with Gasteiger partial charge in [0.2, 0.25) is 0 Å². The highest BCUT2D eigenvalue weighted by molar-refractivity contribution is 7.12. The number of hydrogen-bond acceptors (Lipinski definition) is 3. The average molecular weight is 304 g/mol. The molecule has 21 heavy (non-hydrogen) atoms. The van der Waals surface area contributed by atoms with Crippen molar-refractivity contribution in [1.29, 1.82) is 0 Å². The van der Waals surface area contributed by atoms with Gasteiger partial charge in [-0.2, -0.15) is 5.06 Å². The molecule has 0 spiro atoms. The zero-order chi connectivity index (χ0) is 15.2. The summed E-state index contributed by atoms with van der Waals surface area (Å²) in [5.74, 6) is 0. The van der Waals surface area contributed by atoms with Crippen LogP contribution in [0.4, 0.5) is 4.79 Å². The highest BCUT2D eigenvalue weighted by Gasteiger charge is 2.24. The summed E-state index contributed by atoms with van der Waals surface area (Å²) >= 11 is 1.61. The molecule has 0 aliphatic carbocycles. The molecule has 0 saturated heterocycles. The zero-order valence-corrected chi connectivity index (χ0v) is 13.1. The Balaban J connectivity index is 2.14. The maximum Gasteiger partial charge on any atom is 0.341 e. The van der Waals surface area contributed by atoms with Crippen LogP contribution in [0.3, 0.4) is 0 Å². The predicted molar refractivity (Wildman–Crippen MR) is 84.6 cm³/mol. The molecule has 0 radical (unpaired) electrons. The molecule has 2 rings (SSSR count). The summed E-state index contributed by atoms with van der Waals surface area (Å²) in [6.45, 7) is 2.02. The van der Waals surface area contributed by atoms with Gasteiger partial charge in [-0.3, -0.25) is 5.21 Å². The van der Waals surface area contributed by atoms with Gasteiger partial charge in [-0.15, -0.1) is 11.3 Å². The molecule has 0 fully saturated rings. The van der Waals surface area contributed by atoms with Crippen LogP contribution < -0.4 is 5.32 Å². The van der Waals surface area contributed by atoms with Crippen LogP contribution in [0, 0.1) is 6.92 Å². The Hall–Kier alpha value is -1.85. The average Bonchev–Trinajstić information content (AvgIpc) is 2.93. The SMILES string of the molecule is CNC(=O)N(O)C(CCc1ccccc1)c1ccc(C)s1. The van der Waals surface area contributed by atoms with E-state index in [1.807, 2.05) is 37.3 Å². The van der Waals surface area contributed by atoms with E-state index in [4.69, 9.17) is 0 Å². The summed E-state index contributed by atoms with van der Waals surface area (Å²) in [4.78, 5) is 13.9. The Kier molecular flexibility index (Phi) is 5.36. The smallest absolute Gasteiger partial charge is 0.339 e. The molecule has 0 aliphatic heterocycles. The number of benzene rings is 1. The van der Waals surface area contributed by atoms with Gasteiger partial charge in [-0.05, 0) is 37.5 Å². The lowest BCUT2D eigenvalue weighted by Gasteiger charge is -2.24. The van der Waals surface area contributed by atoms with Crippen molar-refractivity contribution in [1.82, 2.24) is 10.4 Å². The van der Waals surface area contributed by atoms with Crippen LogP contribution in [0.15, 0.2) is 42.5 Å². The topological polar surface area (TPSA) is 52.6 Å². The number of nitrogens with one attached hydrogen (secondary N) is 1. The van der Waals surface area contributed by atoms with E-state index in [1.165, 1.54) is 17.5 Å². The molecule has 0 aliphatic rings. The van der Waals surface area contributed by atoms with E-state index >= 15 is 0 Å². The van der Waals surface area contributed by atoms with E-state index < -0.39 is 6.03 Å². The molecule has 4 nitrogen and oxygen atoms in total. The Labute approximate surface area is 129 Å². The maximum absolute atomic E-state index is 11.7. The number of thiophene rings is 1. The van der Waals surface area contributed by atoms with Crippen LogP contribution in [-0.2, 0) is 6.42 Å². The van der Waals surface area contributed by atoms with Gasteiger partial charge in [0, 0.05) is 16.8 Å². The molecule has 1 unspecified atom stereocenters. The van der Waals surface area contributed by atoms with E-state index in [1.54, 1.807) is 11.3 Å². The minimum atomic E-state index is -0.487. The standard InChI is InChI=1S/C16H20N2O2S/c1-12-8-11-15(21-12)14(18(20)16(19)17-2)10-9-13-6-4-3-5-7-13/h3-8,11,14,20H,9-10H2,1-2H3,(H,17,19). The first-order chi connectivity index (χ1) is 10.1. The van der Waals surface area contributed by atoms with Gasteiger partial charge < -0.3 is 5.32 Å². The molecule has 1 aromatic carbocycles. The quantitative estimate of drug-likeness (QED) is 0.653. The maximum atomic E-state index is 11.7. The summed E-state index contributed by atoms with van der Waals surface area (Å²) in [6.07, 6.45) is 1.48. The molecule has 1 aromatic heterocycles. The number of carbonyl (C=O) groups is 1. The van der Waals surface area contributed by atoms with E-state index in [0.717, 1.165) is 16.4 Å². The fourth-order valence-corrected chi connectivity index (χ4v) is 3.22. The molecule has 1 heterocycles. The van der Waals surface area contributed by atoms with Crippen LogP contribution in [0.2, 0.25) is 0 Å². The predicted octanol–water partition coefficient (Wildman–Crippen LogP) is 3.76. The number of hydrogen-bond donors (Lipinski definition) is 2. The second-order valence-corrected chi connectivity index (χ2v) is 6.21. The largest absolute Gasteiger partial charge is 0.341 e. The van der Waals surface area contributed by atoms with Crippen molar-refractivity contribution >= 4 is 17.4 Å². The first-order valence-corrected chi connectivity index (χ1v) is 7.73. The number of carbonyl (C=O) groups excluding carboxylic acids is 1. The molecule has 0 bridgehead atoms. The lowest BCUT2D eigenvalue weighted by molar-refractivity contribution is -0.0803. The Morgan fingerprint density at radius 1 is 1.29 bits per heavy atom. The zero-order valence-electron chi connectivity index (χ0n) is 12.2. The number of rotatable bonds is 5. The monoisotopic (exact) mass is 304 g/mol. The van der Waals surface area contributed by atoms with Gasteiger partial charge in [-0.1, -0.05) is 30.3 Å². The second kappa shape index (κ2) is 7.24. The highest BCUT2D eigenvalue weighted by Crippen LogP contribution is 2.30. The third kappa shape index (κ3) is 4.06. The second-order valence-electron chi connectivity index (χ2n) is 4.89. The minimum Gasteiger partial charge on any atom is -0.339 e. The lowest BCUT2D eigenvalue weighted by atomic mass is 10.0. The van der Waals surface area contributed by atoms with Crippen molar-refractivity contribution < 1.29 is 10.0 Å². The van der Waals surface area contributed by atoms with Crippen molar-refractivity contribution in [3.8, 4) is 0 Å². The van der Waals surface area contributed by atoms with Crippen LogP contribution in [-0.4, -0.2) is 23.3 Å². The van der Waals surface area contributed by atoms with Crippen molar-refractivity contribution in [2.75, 3.05) is 7.05 Å². The van der Waals surface area contributed by atoms with Crippen molar-refractivity contribution in [2.45, 2.75) is 25.8 Å². The van der Waals surface area contributed by atoms with E-state index in [0.29, 0.717) is 6.42 Å². The van der Waals surface area contributed by atoms with Crippen molar-refractivity contribution in [2.24, 2.45) is 0 Å². The van der Waals surface area contributed by atoms with Gasteiger partial charge >= 0.3 is 6.03 Å². The van der Waals surface area contributed by atoms with Crippen molar-refractivity contribution in [3.05, 3.63) is 57.8 Å². The van der Waals surface area contributed by atoms with E-state index in [-0.39, 0.29) is 6.04 Å². The molecule has 1 atom stereocenters. The molecule has 2 aromatic rings. The first kappa shape index (κ1) is 15.5. The van der Waals surface area contributed by atoms with Gasteiger partial charge in [0.1, 0.15) is 0 Å². The molecule has 112 valence electrons. The summed E-state index contributed by atoms with van der Waals surface area (Å²) in [5.41, 5.74) is 1.20. The normalized spacial score (nSPS) is 12.0. The van der Waals surface area contributed by atoms with Gasteiger partial charge in [0.25, 0.3) is 0 Å². The molecule has 2 N–H and O–H groups in total. The van der Waals surface area contributed by atoms with Gasteiger partial charge in [0.05, 0.1) is 6.04 Å². The Bertz CT molecular complexity index is 583. The third-order valence-electron chi connectivity index (χ3n) is 3.36. The Morgan fingerprint density at radius 3 is 2.57 bits per heavy atom. The van der Waals surface area contributed by atoms with Gasteiger partial charge in [0.15, 0.2) is 0 Å². The van der Waals surface area contributed by atoms with Gasteiger partial charge in [-0.25, -0.2) is 4.79 Å². The third-order valence-corrected chi connectivity index (χ3v) is 4.46. The molecule has 0 saturated carbocycles. The fourth-order valence-electron chi connectivity index (χ4n) is 2.22. The van der Waals surface area contributed by atoms with Crippen LogP contribution in [0.25, 0.3) is 0 Å². The van der Waals surface area contributed by atoms with E-state index in [9.17, 15) is 10.0 Å². The number of amides is 2. The number of hydroxylamine groups is 2. The summed E-state index contributed by atoms with van der Waals surface area (Å²) in [6, 6.07) is 13.2.